The molecule has 5 rings (SSSR count). The van der Waals surface area contributed by atoms with Crippen LogP contribution in [0.5, 0.6) is 23.0 Å². The van der Waals surface area contributed by atoms with E-state index in [1.165, 1.54) is 14.2 Å². The van der Waals surface area contributed by atoms with Crippen LogP contribution in [0, 0.1) is 16.7 Å². The number of nitriles is 1. The van der Waals surface area contributed by atoms with Crippen molar-refractivity contribution >= 4 is 17.5 Å². The summed E-state index contributed by atoms with van der Waals surface area (Å²) in [5.74, 6) is -0.142. The van der Waals surface area contributed by atoms with Crippen LogP contribution >= 0.6 is 0 Å². The zero-order valence-corrected chi connectivity index (χ0v) is 23.0. The van der Waals surface area contributed by atoms with Crippen molar-refractivity contribution in [2.24, 2.45) is 16.3 Å². The highest BCUT2D eigenvalue weighted by Crippen LogP contribution is 2.58. The molecule has 3 heterocycles. The number of hydrogen-bond acceptors (Lipinski definition) is 12. The van der Waals surface area contributed by atoms with E-state index in [4.69, 9.17) is 39.0 Å². The Morgan fingerprint density at radius 2 is 1.88 bits per heavy atom. The number of oxime groups is 1. The molecule has 2 N–H and O–H groups in total. The third kappa shape index (κ3) is 4.45. The van der Waals surface area contributed by atoms with Crippen molar-refractivity contribution < 1.29 is 42.8 Å². The zero-order valence-electron chi connectivity index (χ0n) is 23.0. The van der Waals surface area contributed by atoms with Crippen LogP contribution in [0.15, 0.2) is 27.9 Å². The molecule has 0 saturated carbocycles. The molecule has 4 aliphatic rings. The van der Waals surface area contributed by atoms with Gasteiger partial charge in [-0.2, -0.15) is 5.26 Å². The van der Waals surface area contributed by atoms with E-state index in [9.17, 15) is 14.9 Å². The first-order valence-corrected chi connectivity index (χ1v) is 12.9. The smallest absolute Gasteiger partial charge is 0.356 e. The number of carbonyl (C=O) groups is 2. The summed E-state index contributed by atoms with van der Waals surface area (Å²) in [6.45, 7) is 5.77. The predicted molar refractivity (Wildman–Crippen MR) is 139 cm³/mol. The van der Waals surface area contributed by atoms with Crippen LogP contribution in [0.25, 0.3) is 0 Å². The van der Waals surface area contributed by atoms with E-state index >= 15 is 0 Å². The first-order valence-electron chi connectivity index (χ1n) is 12.9. The average Bonchev–Trinajstić information content (AvgIpc) is 3.57. The first kappa shape index (κ1) is 27.2. The lowest BCUT2D eigenvalue weighted by atomic mass is 9.69. The number of ketones is 1. The third-order valence-corrected chi connectivity index (χ3v) is 7.32. The molecule has 40 heavy (non-hydrogen) atoms. The second kappa shape index (κ2) is 10.3. The summed E-state index contributed by atoms with van der Waals surface area (Å²) in [6, 6.07) is 2.15. The van der Waals surface area contributed by atoms with Gasteiger partial charge in [-0.05, 0) is 12.3 Å². The average molecular weight is 554 g/mol. The van der Waals surface area contributed by atoms with E-state index in [-0.39, 0.29) is 72.5 Å². The molecule has 12 heteroatoms. The van der Waals surface area contributed by atoms with E-state index in [1.807, 2.05) is 13.8 Å². The van der Waals surface area contributed by atoms with Gasteiger partial charge in [-0.3, -0.25) is 4.79 Å². The van der Waals surface area contributed by atoms with Crippen molar-refractivity contribution in [3.8, 4) is 29.1 Å². The van der Waals surface area contributed by atoms with Crippen molar-refractivity contribution in [1.29, 1.82) is 5.26 Å². The van der Waals surface area contributed by atoms with Gasteiger partial charge in [0, 0.05) is 42.4 Å². The van der Waals surface area contributed by atoms with Crippen LogP contribution in [0.2, 0.25) is 0 Å². The van der Waals surface area contributed by atoms with E-state index in [2.05, 4.69) is 11.2 Å². The Balaban J connectivity index is 1.71. The standard InChI is InChI=1S/C28H31N3O9/c1-6-36-27(33)16-8-13(40-31-16)7-14-20(23(35-5)25-24(22(14)34-4)37-12-38-25)19-15(11-29)26(30)39-18-10-28(2,3)9-17(32)21(18)19/h13,19H,6-10,12,30H2,1-5H3/t13-,19+/m1/s1. The minimum atomic E-state index is -0.933. The van der Waals surface area contributed by atoms with Gasteiger partial charge in [0.15, 0.2) is 23.0 Å². The highest BCUT2D eigenvalue weighted by molar-refractivity contribution is 6.36. The molecule has 0 amide bonds. The van der Waals surface area contributed by atoms with Gasteiger partial charge in [0.05, 0.1) is 26.7 Å². The Labute approximate surface area is 231 Å². The maximum Gasteiger partial charge on any atom is 0.356 e. The predicted octanol–water partition coefficient (Wildman–Crippen LogP) is 3.13. The fourth-order valence-electron chi connectivity index (χ4n) is 5.73. The number of benzene rings is 1. The number of allylic oxidation sites excluding steroid dienone is 3. The summed E-state index contributed by atoms with van der Waals surface area (Å²) in [5.41, 5.74) is 7.46. The first-order chi connectivity index (χ1) is 19.1. The van der Waals surface area contributed by atoms with Gasteiger partial charge in [-0.15, -0.1) is 0 Å². The lowest BCUT2D eigenvalue weighted by Crippen LogP contribution is -2.34. The summed E-state index contributed by atoms with van der Waals surface area (Å²) >= 11 is 0. The Morgan fingerprint density at radius 3 is 2.52 bits per heavy atom. The molecule has 212 valence electrons. The lowest BCUT2D eigenvalue weighted by molar-refractivity contribution is -0.135. The molecule has 12 nitrogen and oxygen atoms in total. The summed E-state index contributed by atoms with van der Waals surface area (Å²) in [7, 11) is 2.94. The van der Waals surface area contributed by atoms with Crippen molar-refractivity contribution in [3.63, 3.8) is 0 Å². The van der Waals surface area contributed by atoms with Gasteiger partial charge < -0.3 is 39.0 Å². The molecular formula is C28H31N3O9. The molecule has 0 saturated heterocycles. The number of hydrogen-bond donors (Lipinski definition) is 1. The van der Waals surface area contributed by atoms with Crippen LogP contribution in [0.3, 0.4) is 0 Å². The van der Waals surface area contributed by atoms with Crippen LogP contribution < -0.4 is 24.7 Å². The number of nitrogens with zero attached hydrogens (tertiary/aromatic N) is 2. The third-order valence-electron chi connectivity index (χ3n) is 7.32. The van der Waals surface area contributed by atoms with Gasteiger partial charge in [0.25, 0.3) is 0 Å². The Bertz CT molecular complexity index is 1420. The number of ether oxygens (including phenoxy) is 6. The number of nitrogens with two attached hydrogens (primary N) is 1. The van der Waals surface area contributed by atoms with Gasteiger partial charge >= 0.3 is 5.97 Å². The molecule has 3 aliphatic heterocycles. The number of rotatable bonds is 7. The monoisotopic (exact) mass is 553 g/mol. The van der Waals surface area contributed by atoms with Gasteiger partial charge in [0.1, 0.15) is 23.5 Å². The maximum absolute atomic E-state index is 13.7. The molecular weight excluding hydrogens is 522 g/mol. The fraction of sp³-hybridized carbons (Fsp3) is 0.500. The molecule has 2 atom stereocenters. The van der Waals surface area contributed by atoms with Gasteiger partial charge in [-0.1, -0.05) is 19.0 Å². The molecule has 1 aliphatic carbocycles. The van der Waals surface area contributed by atoms with Crippen molar-refractivity contribution in [1.82, 2.24) is 0 Å². The molecule has 0 aromatic heterocycles. The molecule has 0 unspecified atom stereocenters. The summed E-state index contributed by atoms with van der Waals surface area (Å²) < 4.78 is 34.2. The molecule has 0 bridgehead atoms. The highest BCUT2D eigenvalue weighted by Gasteiger charge is 2.47. The Hall–Kier alpha value is -4.40. The topological polar surface area (TPSA) is 161 Å². The number of carbonyl (C=O) groups excluding carboxylic acids is 2. The lowest BCUT2D eigenvalue weighted by Gasteiger charge is -2.38. The van der Waals surface area contributed by atoms with Crippen molar-refractivity contribution in [2.45, 2.75) is 58.5 Å². The Morgan fingerprint density at radius 1 is 1.18 bits per heavy atom. The van der Waals surface area contributed by atoms with Crippen LogP contribution in [0.1, 0.15) is 57.1 Å². The highest BCUT2D eigenvalue weighted by atomic mass is 16.7. The Kier molecular flexibility index (Phi) is 6.99. The summed E-state index contributed by atoms with van der Waals surface area (Å²) in [6.07, 6.45) is 0.461. The second-order valence-electron chi connectivity index (χ2n) is 10.6. The van der Waals surface area contributed by atoms with Gasteiger partial charge in [-0.25, -0.2) is 4.79 Å². The molecule has 0 fully saturated rings. The van der Waals surface area contributed by atoms with E-state index < -0.39 is 18.0 Å². The number of esters is 1. The molecule has 0 radical (unpaired) electrons. The normalized spacial score (nSPS) is 22.6. The minimum absolute atomic E-state index is 0.0584. The van der Waals surface area contributed by atoms with Crippen molar-refractivity contribution in [3.05, 3.63) is 33.9 Å². The minimum Gasteiger partial charge on any atom is -0.492 e. The fourth-order valence-corrected chi connectivity index (χ4v) is 5.73. The van der Waals surface area contributed by atoms with Crippen LogP contribution in [-0.2, 0) is 30.3 Å². The van der Waals surface area contributed by atoms with Crippen molar-refractivity contribution in [2.75, 3.05) is 27.6 Å². The quantitative estimate of drug-likeness (QED) is 0.494. The van der Waals surface area contributed by atoms with Crippen LogP contribution in [0.4, 0.5) is 0 Å². The second-order valence-corrected chi connectivity index (χ2v) is 10.6. The number of methoxy groups -OCH3 is 2. The van der Waals surface area contributed by atoms with E-state index in [1.54, 1.807) is 6.92 Å². The number of Topliss-reactive ketones (excluding diaryl/α,β-unsaturated/α-hetero) is 1. The van der Waals surface area contributed by atoms with E-state index in [0.29, 0.717) is 40.4 Å². The SMILES string of the molecule is CCOC(=O)C1=NO[C@H](Cc2c(OC)c3c(c(OC)c2[C@@H]2C(C#N)=C(N)OC4=C2C(=O)CC(C)(C)C4)OCO3)C1. The maximum atomic E-state index is 13.7. The molecule has 1 aromatic rings. The van der Waals surface area contributed by atoms with Gasteiger partial charge in [0.2, 0.25) is 24.2 Å². The zero-order chi connectivity index (χ0) is 28.8. The molecule has 0 spiro atoms. The van der Waals surface area contributed by atoms with E-state index in [0.717, 1.165) is 0 Å². The van der Waals surface area contributed by atoms with Crippen LogP contribution in [-0.4, -0.2) is 51.2 Å². The largest absolute Gasteiger partial charge is 0.492 e. The summed E-state index contributed by atoms with van der Waals surface area (Å²) in [5, 5.41) is 14.2. The number of fused-ring (bicyclic) bond motifs is 1. The molecule has 1 aromatic carbocycles. The summed E-state index contributed by atoms with van der Waals surface area (Å²) in [4.78, 5) is 31.6.